The number of H-pyrrole nitrogens is 1. The third kappa shape index (κ3) is 1.63. The lowest BCUT2D eigenvalue weighted by atomic mass is 10.1. The van der Waals surface area contributed by atoms with Crippen LogP contribution in [0, 0.1) is 0 Å². The molecule has 0 fully saturated rings. The van der Waals surface area contributed by atoms with Gasteiger partial charge in [-0.25, -0.2) is 4.79 Å². The Hall–Kier alpha value is -2.34. The fourth-order valence-corrected chi connectivity index (χ4v) is 2.72. The second-order valence-corrected chi connectivity index (χ2v) is 4.85. The van der Waals surface area contributed by atoms with Crippen molar-refractivity contribution in [3.8, 4) is 0 Å². The van der Waals surface area contributed by atoms with Gasteiger partial charge >= 0.3 is 5.97 Å². The molecule has 0 radical (unpaired) electrons. The molecule has 0 bridgehead atoms. The number of carbonyl (C=O) groups excluding carboxylic acids is 1. The minimum Gasteiger partial charge on any atom is -0.477 e. The third-order valence-corrected chi connectivity index (χ3v) is 3.67. The number of nitrogens with one attached hydrogen (secondary N) is 2. The van der Waals surface area contributed by atoms with E-state index in [-0.39, 0.29) is 10.8 Å². The van der Waals surface area contributed by atoms with Crippen molar-refractivity contribution in [1.29, 1.82) is 0 Å². The maximum atomic E-state index is 11.8. The molecule has 1 aliphatic heterocycles. The minimum atomic E-state index is -0.983. The molecule has 3 heterocycles. The van der Waals surface area contributed by atoms with Crippen molar-refractivity contribution in [2.75, 3.05) is 5.32 Å². The summed E-state index contributed by atoms with van der Waals surface area (Å²) in [6.07, 6.45) is 3.47. The highest BCUT2D eigenvalue weighted by molar-refractivity contribution is 7.18. The highest BCUT2D eigenvalue weighted by Crippen LogP contribution is 2.39. The molecular formula is C12H8N2O3S. The maximum absolute atomic E-state index is 11.8. The standard InChI is InChI=1S/C12H8N2O3S/c15-10-7(4-6-2-1-3-13-6)8-5-9(12(16)17)18-11(8)14-10/h1-5,13H,(H,14,15)(H,16,17)/b7-4+. The van der Waals surface area contributed by atoms with Gasteiger partial charge < -0.3 is 15.4 Å². The number of anilines is 1. The average molecular weight is 260 g/mol. The molecule has 1 amide bonds. The third-order valence-electron chi connectivity index (χ3n) is 2.63. The van der Waals surface area contributed by atoms with E-state index in [0.717, 1.165) is 17.0 Å². The van der Waals surface area contributed by atoms with Gasteiger partial charge in [-0.05, 0) is 24.3 Å². The summed E-state index contributed by atoms with van der Waals surface area (Å²) in [7, 11) is 0. The summed E-state index contributed by atoms with van der Waals surface area (Å²) in [5.74, 6) is -1.19. The molecule has 2 aromatic heterocycles. The first-order chi connectivity index (χ1) is 8.65. The number of thiophene rings is 1. The van der Waals surface area contributed by atoms with Crippen LogP contribution in [0.5, 0.6) is 0 Å². The Morgan fingerprint density at radius 3 is 2.94 bits per heavy atom. The number of aromatic carboxylic acids is 1. The van der Waals surface area contributed by atoms with E-state index in [4.69, 9.17) is 5.11 Å². The Balaban J connectivity index is 2.08. The number of rotatable bonds is 2. The summed E-state index contributed by atoms with van der Waals surface area (Å²) in [6.45, 7) is 0. The molecule has 0 saturated carbocycles. The number of aromatic amines is 1. The van der Waals surface area contributed by atoms with Crippen LogP contribution in [-0.2, 0) is 4.79 Å². The van der Waals surface area contributed by atoms with Crippen LogP contribution in [0.25, 0.3) is 11.6 Å². The van der Waals surface area contributed by atoms with Crippen LogP contribution in [0.4, 0.5) is 5.00 Å². The van der Waals surface area contributed by atoms with E-state index >= 15 is 0 Å². The number of amides is 1. The van der Waals surface area contributed by atoms with Gasteiger partial charge in [0.2, 0.25) is 0 Å². The van der Waals surface area contributed by atoms with Gasteiger partial charge in [-0.15, -0.1) is 11.3 Å². The Bertz CT molecular complexity index is 668. The predicted octanol–water partition coefficient (Wildman–Crippen LogP) is 2.27. The molecule has 3 N–H and O–H groups in total. The summed E-state index contributed by atoms with van der Waals surface area (Å²) < 4.78 is 0. The summed E-state index contributed by atoms with van der Waals surface area (Å²) >= 11 is 1.07. The summed E-state index contributed by atoms with van der Waals surface area (Å²) in [4.78, 5) is 25.8. The molecule has 0 spiro atoms. The van der Waals surface area contributed by atoms with E-state index in [0.29, 0.717) is 16.1 Å². The van der Waals surface area contributed by atoms with Crippen molar-refractivity contribution in [3.63, 3.8) is 0 Å². The fourth-order valence-electron chi connectivity index (χ4n) is 1.81. The van der Waals surface area contributed by atoms with Gasteiger partial charge in [-0.3, -0.25) is 4.79 Å². The molecule has 0 aromatic carbocycles. The molecule has 0 aliphatic carbocycles. The molecule has 6 heteroatoms. The summed E-state index contributed by atoms with van der Waals surface area (Å²) in [6, 6.07) is 5.19. The zero-order valence-corrected chi connectivity index (χ0v) is 9.88. The lowest BCUT2D eigenvalue weighted by Crippen LogP contribution is -2.04. The van der Waals surface area contributed by atoms with Crippen molar-refractivity contribution in [2.45, 2.75) is 0 Å². The number of carboxylic acid groups (broad SMARTS) is 1. The highest BCUT2D eigenvalue weighted by atomic mass is 32.1. The van der Waals surface area contributed by atoms with Crippen LogP contribution in [-0.4, -0.2) is 22.0 Å². The van der Waals surface area contributed by atoms with E-state index in [1.165, 1.54) is 6.07 Å². The lowest BCUT2D eigenvalue weighted by molar-refractivity contribution is -0.110. The van der Waals surface area contributed by atoms with Crippen LogP contribution in [0.2, 0.25) is 0 Å². The largest absolute Gasteiger partial charge is 0.477 e. The van der Waals surface area contributed by atoms with E-state index < -0.39 is 5.97 Å². The molecular weight excluding hydrogens is 252 g/mol. The number of carboxylic acids is 1. The van der Waals surface area contributed by atoms with E-state index in [1.54, 1.807) is 12.3 Å². The normalized spacial score (nSPS) is 15.8. The van der Waals surface area contributed by atoms with Crippen LogP contribution in [0.1, 0.15) is 20.9 Å². The first kappa shape index (κ1) is 10.8. The first-order valence-electron chi connectivity index (χ1n) is 5.19. The zero-order chi connectivity index (χ0) is 12.7. The second-order valence-electron chi connectivity index (χ2n) is 3.80. The maximum Gasteiger partial charge on any atom is 0.345 e. The number of hydrogen-bond donors (Lipinski definition) is 3. The molecule has 0 atom stereocenters. The number of hydrogen-bond acceptors (Lipinski definition) is 3. The fraction of sp³-hybridized carbons (Fsp3) is 0. The average Bonchev–Trinajstić information content (AvgIpc) is 2.98. The first-order valence-corrected chi connectivity index (χ1v) is 6.01. The summed E-state index contributed by atoms with van der Waals surface area (Å²) in [5.41, 5.74) is 1.93. The van der Waals surface area contributed by atoms with Gasteiger partial charge in [0.1, 0.15) is 9.88 Å². The molecule has 5 nitrogen and oxygen atoms in total. The van der Waals surface area contributed by atoms with Gasteiger partial charge in [-0.1, -0.05) is 0 Å². The van der Waals surface area contributed by atoms with Crippen molar-refractivity contribution in [1.82, 2.24) is 4.98 Å². The Kier molecular flexibility index (Phi) is 2.31. The van der Waals surface area contributed by atoms with Gasteiger partial charge in [0.05, 0.1) is 5.57 Å². The van der Waals surface area contributed by atoms with Crippen molar-refractivity contribution >= 4 is 39.9 Å². The molecule has 3 rings (SSSR count). The van der Waals surface area contributed by atoms with Gasteiger partial charge in [-0.2, -0.15) is 0 Å². The van der Waals surface area contributed by atoms with E-state index in [9.17, 15) is 9.59 Å². The van der Waals surface area contributed by atoms with Crippen LogP contribution >= 0.6 is 11.3 Å². The number of fused-ring (bicyclic) bond motifs is 1. The van der Waals surface area contributed by atoms with Gasteiger partial charge in [0.15, 0.2) is 0 Å². The van der Waals surface area contributed by atoms with Crippen molar-refractivity contribution in [2.24, 2.45) is 0 Å². The van der Waals surface area contributed by atoms with Gasteiger partial charge in [0, 0.05) is 17.5 Å². The van der Waals surface area contributed by atoms with E-state index in [2.05, 4.69) is 10.3 Å². The second kappa shape index (κ2) is 3.85. The minimum absolute atomic E-state index is 0.206. The number of aromatic nitrogens is 1. The quantitative estimate of drug-likeness (QED) is 0.724. The van der Waals surface area contributed by atoms with Crippen molar-refractivity contribution < 1.29 is 14.7 Å². The molecule has 0 unspecified atom stereocenters. The topological polar surface area (TPSA) is 82.2 Å². The van der Waals surface area contributed by atoms with E-state index in [1.807, 2.05) is 12.1 Å². The Morgan fingerprint density at radius 1 is 1.44 bits per heavy atom. The zero-order valence-electron chi connectivity index (χ0n) is 9.06. The summed E-state index contributed by atoms with van der Waals surface area (Å²) in [5, 5.41) is 12.2. The van der Waals surface area contributed by atoms with Crippen LogP contribution in [0.3, 0.4) is 0 Å². The van der Waals surface area contributed by atoms with Crippen LogP contribution in [0.15, 0.2) is 24.4 Å². The van der Waals surface area contributed by atoms with Crippen LogP contribution < -0.4 is 5.32 Å². The lowest BCUT2D eigenvalue weighted by Gasteiger charge is -1.94. The molecule has 1 aliphatic rings. The Morgan fingerprint density at radius 2 is 2.28 bits per heavy atom. The molecule has 18 heavy (non-hydrogen) atoms. The monoisotopic (exact) mass is 260 g/mol. The smallest absolute Gasteiger partial charge is 0.345 e. The van der Waals surface area contributed by atoms with Crippen molar-refractivity contribution in [3.05, 3.63) is 40.5 Å². The molecule has 0 saturated heterocycles. The predicted molar refractivity (Wildman–Crippen MR) is 68.6 cm³/mol. The molecule has 90 valence electrons. The van der Waals surface area contributed by atoms with Gasteiger partial charge in [0.25, 0.3) is 5.91 Å². The molecule has 2 aromatic rings. The SMILES string of the molecule is O=C1Nc2sc(C(=O)O)cc2/C1=C\c1ccc[nH]1. The Labute approximate surface area is 106 Å². The number of carbonyl (C=O) groups is 2. The highest BCUT2D eigenvalue weighted by Gasteiger charge is 2.28.